The maximum absolute atomic E-state index is 12.8. The number of pyridine rings is 1. The van der Waals surface area contributed by atoms with Crippen LogP contribution in [0.1, 0.15) is 24.2 Å². The molecular weight excluding hydrogens is 338 g/mol. The average Bonchev–Trinajstić information content (AvgIpc) is 2.68. The Kier molecular flexibility index (Phi) is 4.71. The molecule has 1 saturated heterocycles. The largest absolute Gasteiger partial charge is 0.355 e. The number of para-hydroxylation sites is 1. The van der Waals surface area contributed by atoms with E-state index >= 15 is 0 Å². The number of carbonyl (C=O) groups excluding carboxylic acids is 1. The molecule has 3 aromatic rings. The first-order valence-electron chi connectivity index (χ1n) is 9.33. The fourth-order valence-electron chi connectivity index (χ4n) is 3.58. The molecular formula is C21H23N5O. The number of anilines is 2. The van der Waals surface area contributed by atoms with Gasteiger partial charge in [-0.2, -0.15) is 5.10 Å². The van der Waals surface area contributed by atoms with Crippen LogP contribution >= 0.6 is 0 Å². The second-order valence-corrected chi connectivity index (χ2v) is 7.11. The lowest BCUT2D eigenvalue weighted by Gasteiger charge is -2.31. The number of piperidine rings is 1. The summed E-state index contributed by atoms with van der Waals surface area (Å²) in [5.74, 6) is 0.975. The van der Waals surface area contributed by atoms with Gasteiger partial charge in [0.15, 0.2) is 5.82 Å². The van der Waals surface area contributed by atoms with Gasteiger partial charge in [-0.25, -0.2) is 0 Å². The van der Waals surface area contributed by atoms with Crippen LogP contribution in [0.2, 0.25) is 0 Å². The van der Waals surface area contributed by atoms with E-state index in [1.807, 2.05) is 56.3 Å². The molecule has 1 aliphatic heterocycles. The van der Waals surface area contributed by atoms with Gasteiger partial charge in [0, 0.05) is 30.1 Å². The Morgan fingerprint density at radius 2 is 1.81 bits per heavy atom. The number of carbonyl (C=O) groups is 1. The van der Waals surface area contributed by atoms with Gasteiger partial charge in [-0.15, -0.1) is 5.10 Å². The number of nitrogens with one attached hydrogen (secondary N) is 1. The summed E-state index contributed by atoms with van der Waals surface area (Å²) in [6.45, 7) is 5.50. The van der Waals surface area contributed by atoms with Crippen LogP contribution in [-0.4, -0.2) is 34.2 Å². The normalized spacial score (nSPS) is 15.1. The molecule has 1 aliphatic rings. The number of aromatic nitrogens is 3. The van der Waals surface area contributed by atoms with Gasteiger partial charge in [-0.1, -0.05) is 18.2 Å². The highest BCUT2D eigenvalue weighted by molar-refractivity contribution is 6.01. The average molecular weight is 361 g/mol. The van der Waals surface area contributed by atoms with Crippen molar-refractivity contribution >= 4 is 28.3 Å². The van der Waals surface area contributed by atoms with Gasteiger partial charge in [0.05, 0.1) is 16.9 Å². The van der Waals surface area contributed by atoms with Crippen molar-refractivity contribution in [2.24, 2.45) is 5.92 Å². The molecule has 1 amide bonds. The Morgan fingerprint density at radius 3 is 2.56 bits per heavy atom. The Bertz CT molecular complexity index is 962. The second kappa shape index (κ2) is 7.31. The lowest BCUT2D eigenvalue weighted by Crippen LogP contribution is -2.38. The molecule has 0 spiro atoms. The number of fused-ring (bicyclic) bond motifs is 1. The van der Waals surface area contributed by atoms with Crippen LogP contribution in [0.3, 0.4) is 0 Å². The van der Waals surface area contributed by atoms with E-state index in [1.165, 1.54) is 0 Å². The van der Waals surface area contributed by atoms with Crippen LogP contribution in [0.4, 0.5) is 11.5 Å². The fraction of sp³-hybridized carbons (Fsp3) is 0.333. The van der Waals surface area contributed by atoms with Gasteiger partial charge in [0.2, 0.25) is 5.91 Å². The zero-order chi connectivity index (χ0) is 18.8. The molecule has 6 nitrogen and oxygen atoms in total. The highest BCUT2D eigenvalue weighted by Gasteiger charge is 2.26. The Labute approximate surface area is 158 Å². The number of rotatable bonds is 3. The topological polar surface area (TPSA) is 71.0 Å². The van der Waals surface area contributed by atoms with Crippen molar-refractivity contribution in [1.82, 2.24) is 15.2 Å². The zero-order valence-electron chi connectivity index (χ0n) is 15.6. The lowest BCUT2D eigenvalue weighted by atomic mass is 9.95. The van der Waals surface area contributed by atoms with Crippen molar-refractivity contribution in [2.75, 3.05) is 23.3 Å². The highest BCUT2D eigenvalue weighted by Crippen LogP contribution is 2.26. The van der Waals surface area contributed by atoms with Crippen molar-refractivity contribution in [2.45, 2.75) is 26.7 Å². The Hall–Kier alpha value is -3.02. The minimum Gasteiger partial charge on any atom is -0.355 e. The van der Waals surface area contributed by atoms with E-state index in [9.17, 15) is 4.79 Å². The molecule has 0 unspecified atom stereocenters. The van der Waals surface area contributed by atoms with Gasteiger partial charge in [0.1, 0.15) is 0 Å². The molecule has 138 valence electrons. The number of nitrogens with zero attached hydrogens (tertiary/aromatic N) is 4. The fourth-order valence-corrected chi connectivity index (χ4v) is 3.58. The van der Waals surface area contributed by atoms with Crippen molar-refractivity contribution in [1.29, 1.82) is 0 Å². The monoisotopic (exact) mass is 361 g/mol. The molecule has 1 aromatic carbocycles. The number of benzene rings is 1. The van der Waals surface area contributed by atoms with E-state index in [1.54, 1.807) is 0 Å². The molecule has 4 rings (SSSR count). The third-order valence-electron chi connectivity index (χ3n) is 5.08. The number of amides is 1. The van der Waals surface area contributed by atoms with Gasteiger partial charge in [-0.05, 0) is 51.0 Å². The summed E-state index contributed by atoms with van der Waals surface area (Å²) < 4.78 is 0. The number of hydrogen-bond donors (Lipinski definition) is 1. The van der Waals surface area contributed by atoms with E-state index < -0.39 is 0 Å². The molecule has 0 radical (unpaired) electrons. The molecule has 1 fully saturated rings. The number of hydrogen-bond acceptors (Lipinski definition) is 5. The van der Waals surface area contributed by atoms with Gasteiger partial charge in [-0.3, -0.25) is 9.78 Å². The van der Waals surface area contributed by atoms with Gasteiger partial charge < -0.3 is 10.2 Å². The molecule has 6 heteroatoms. The van der Waals surface area contributed by atoms with E-state index in [-0.39, 0.29) is 11.8 Å². The van der Waals surface area contributed by atoms with Crippen LogP contribution in [0, 0.1) is 19.8 Å². The standard InChI is InChI=1S/C21H23N5O/c1-14-7-8-20(25-24-14)26-11-9-16(10-12-26)21(27)23-19-13-15(2)22-18-6-4-3-5-17(18)19/h3-8,13,16H,9-12H2,1-2H3,(H,22,23,27). The first-order valence-corrected chi connectivity index (χ1v) is 9.33. The molecule has 1 N–H and O–H groups in total. The predicted molar refractivity (Wildman–Crippen MR) is 107 cm³/mol. The summed E-state index contributed by atoms with van der Waals surface area (Å²) in [5, 5.41) is 12.5. The Morgan fingerprint density at radius 1 is 1.04 bits per heavy atom. The van der Waals surface area contributed by atoms with Crippen LogP contribution in [0.15, 0.2) is 42.5 Å². The first-order chi connectivity index (χ1) is 13.1. The predicted octanol–water partition coefficient (Wildman–Crippen LogP) is 3.50. The maximum Gasteiger partial charge on any atom is 0.227 e. The van der Waals surface area contributed by atoms with Crippen molar-refractivity contribution in [3.8, 4) is 0 Å². The van der Waals surface area contributed by atoms with E-state index in [0.29, 0.717) is 0 Å². The quantitative estimate of drug-likeness (QED) is 0.773. The maximum atomic E-state index is 12.8. The Balaban J connectivity index is 1.44. The third-order valence-corrected chi connectivity index (χ3v) is 5.08. The second-order valence-electron chi connectivity index (χ2n) is 7.11. The van der Waals surface area contributed by atoms with E-state index in [2.05, 4.69) is 25.4 Å². The summed E-state index contributed by atoms with van der Waals surface area (Å²) in [7, 11) is 0. The SMILES string of the molecule is Cc1ccc(N2CCC(C(=O)Nc3cc(C)nc4ccccc34)CC2)nn1. The smallest absolute Gasteiger partial charge is 0.227 e. The van der Waals surface area contributed by atoms with Crippen molar-refractivity contribution in [3.63, 3.8) is 0 Å². The minimum absolute atomic E-state index is 0.00638. The van der Waals surface area contributed by atoms with Crippen LogP contribution in [0.5, 0.6) is 0 Å². The van der Waals surface area contributed by atoms with Crippen molar-refractivity contribution in [3.05, 3.63) is 53.9 Å². The summed E-state index contributed by atoms with van der Waals surface area (Å²) in [5.41, 5.74) is 3.56. The lowest BCUT2D eigenvalue weighted by molar-refractivity contribution is -0.120. The van der Waals surface area contributed by atoms with Crippen LogP contribution in [0.25, 0.3) is 10.9 Å². The zero-order valence-corrected chi connectivity index (χ0v) is 15.6. The third kappa shape index (κ3) is 3.74. The minimum atomic E-state index is 0.00638. The van der Waals surface area contributed by atoms with Gasteiger partial charge >= 0.3 is 0 Å². The summed E-state index contributed by atoms with van der Waals surface area (Å²) in [6.07, 6.45) is 1.62. The van der Waals surface area contributed by atoms with E-state index in [0.717, 1.165) is 59.7 Å². The number of aryl methyl sites for hydroxylation is 2. The van der Waals surface area contributed by atoms with Crippen LogP contribution in [-0.2, 0) is 4.79 Å². The first kappa shape index (κ1) is 17.4. The highest BCUT2D eigenvalue weighted by atomic mass is 16.1. The molecule has 2 aromatic heterocycles. The van der Waals surface area contributed by atoms with Crippen LogP contribution < -0.4 is 10.2 Å². The molecule has 27 heavy (non-hydrogen) atoms. The van der Waals surface area contributed by atoms with Gasteiger partial charge in [0.25, 0.3) is 0 Å². The molecule has 0 saturated carbocycles. The van der Waals surface area contributed by atoms with Crippen molar-refractivity contribution < 1.29 is 4.79 Å². The summed E-state index contributed by atoms with van der Waals surface area (Å²) >= 11 is 0. The summed E-state index contributed by atoms with van der Waals surface area (Å²) in [6, 6.07) is 13.8. The molecule has 0 aliphatic carbocycles. The molecule has 3 heterocycles. The van der Waals surface area contributed by atoms with E-state index in [4.69, 9.17) is 0 Å². The molecule has 0 bridgehead atoms. The summed E-state index contributed by atoms with van der Waals surface area (Å²) in [4.78, 5) is 19.6. The molecule has 0 atom stereocenters.